The van der Waals surface area contributed by atoms with Gasteiger partial charge in [0.05, 0.1) is 28.2 Å². The van der Waals surface area contributed by atoms with Crippen molar-refractivity contribution in [3.05, 3.63) is 57.6 Å². The number of fused-ring (bicyclic) bond motifs is 1. The maximum absolute atomic E-state index is 14.1. The Balaban J connectivity index is 1.46. The summed E-state index contributed by atoms with van der Waals surface area (Å²) >= 11 is 1.47. The monoisotopic (exact) mass is 462 g/mol. The van der Waals surface area contributed by atoms with E-state index in [1.807, 2.05) is 37.3 Å². The number of carbonyl (C=O) groups excluding carboxylic acids is 2. The molecule has 1 atom stereocenters. The molecule has 2 aromatic rings. The predicted molar refractivity (Wildman–Crippen MR) is 130 cm³/mol. The minimum Gasteiger partial charge on any atom is -0.466 e. The largest absolute Gasteiger partial charge is 0.466 e. The Morgan fingerprint density at radius 1 is 1.06 bits per heavy atom. The summed E-state index contributed by atoms with van der Waals surface area (Å²) in [6.45, 7) is 1.89. The number of ketones is 1. The SMILES string of the molecule is COC(=O)C1=C(C)Nc2sc(C(=O)C34CC5CC(CC(C5)C3)C4)c(N)c2C1c1ccccc1. The number of nitrogen functional groups attached to an aromatic ring is 1. The van der Waals surface area contributed by atoms with Crippen LogP contribution in [0.25, 0.3) is 0 Å². The summed E-state index contributed by atoms with van der Waals surface area (Å²) in [6.07, 6.45) is 6.94. The normalized spacial score (nSPS) is 31.8. The molecule has 4 aliphatic carbocycles. The third-order valence-electron chi connectivity index (χ3n) is 8.53. The highest BCUT2D eigenvalue weighted by Crippen LogP contribution is 2.62. The minimum absolute atomic E-state index is 0.240. The first-order valence-electron chi connectivity index (χ1n) is 12.0. The Labute approximate surface area is 198 Å². The average molecular weight is 463 g/mol. The van der Waals surface area contributed by atoms with E-state index in [1.54, 1.807) is 0 Å². The first-order valence-corrected chi connectivity index (χ1v) is 12.8. The number of esters is 1. The van der Waals surface area contributed by atoms with Crippen molar-refractivity contribution < 1.29 is 14.3 Å². The predicted octanol–water partition coefficient (Wildman–Crippen LogP) is 5.73. The molecule has 6 heteroatoms. The number of nitrogens with one attached hydrogen (secondary N) is 1. The molecule has 5 aliphatic rings. The topological polar surface area (TPSA) is 81.4 Å². The highest BCUT2D eigenvalue weighted by Gasteiger charge is 2.55. The number of hydrogen-bond donors (Lipinski definition) is 2. The highest BCUT2D eigenvalue weighted by molar-refractivity contribution is 7.19. The van der Waals surface area contributed by atoms with Crippen LogP contribution in [-0.4, -0.2) is 18.9 Å². The summed E-state index contributed by atoms with van der Waals surface area (Å²) in [4.78, 5) is 27.6. The van der Waals surface area contributed by atoms with Crippen LogP contribution >= 0.6 is 11.3 Å². The molecule has 0 amide bonds. The van der Waals surface area contributed by atoms with Crippen molar-refractivity contribution in [3.63, 3.8) is 0 Å². The smallest absolute Gasteiger partial charge is 0.336 e. The fourth-order valence-corrected chi connectivity index (χ4v) is 8.87. The second-order valence-electron chi connectivity index (χ2n) is 10.6. The van der Waals surface area contributed by atoms with Gasteiger partial charge in [0.2, 0.25) is 0 Å². The number of methoxy groups -OCH3 is 1. The second-order valence-corrected chi connectivity index (χ2v) is 11.6. The molecule has 0 spiro atoms. The van der Waals surface area contributed by atoms with Crippen molar-refractivity contribution in [3.8, 4) is 0 Å². The van der Waals surface area contributed by atoms with Gasteiger partial charge in [-0.15, -0.1) is 11.3 Å². The lowest BCUT2D eigenvalue weighted by Gasteiger charge is -2.55. The van der Waals surface area contributed by atoms with Crippen LogP contribution in [-0.2, 0) is 9.53 Å². The van der Waals surface area contributed by atoms with E-state index < -0.39 is 0 Å². The first kappa shape index (κ1) is 21.0. The lowest BCUT2D eigenvalue weighted by molar-refractivity contribution is -0.136. The summed E-state index contributed by atoms with van der Waals surface area (Å²) in [5, 5.41) is 4.25. The summed E-state index contributed by atoms with van der Waals surface area (Å²) in [5.41, 5.74) is 10.2. The molecule has 4 bridgehead atoms. The molecule has 1 aliphatic heterocycles. The van der Waals surface area contributed by atoms with Crippen molar-refractivity contribution in [1.82, 2.24) is 0 Å². The molecule has 7 rings (SSSR count). The first-order chi connectivity index (χ1) is 15.9. The van der Waals surface area contributed by atoms with Gasteiger partial charge >= 0.3 is 5.97 Å². The van der Waals surface area contributed by atoms with Crippen molar-refractivity contribution >= 4 is 33.8 Å². The van der Waals surface area contributed by atoms with Crippen LogP contribution in [0.2, 0.25) is 0 Å². The molecule has 3 N–H and O–H groups in total. The number of thiophene rings is 1. The Kier molecular flexibility index (Phi) is 4.74. The Morgan fingerprint density at radius 3 is 2.24 bits per heavy atom. The van der Waals surface area contributed by atoms with Crippen molar-refractivity contribution in [2.45, 2.75) is 51.4 Å². The van der Waals surface area contributed by atoms with E-state index in [2.05, 4.69) is 5.32 Å². The fourth-order valence-electron chi connectivity index (χ4n) is 7.59. The summed E-state index contributed by atoms with van der Waals surface area (Å²) < 4.78 is 5.14. The minimum atomic E-state index is -0.376. The molecule has 1 unspecified atom stereocenters. The molecular weight excluding hydrogens is 432 g/mol. The van der Waals surface area contributed by atoms with Crippen LogP contribution in [0.1, 0.15) is 72.2 Å². The zero-order chi connectivity index (χ0) is 22.9. The average Bonchev–Trinajstić information content (AvgIpc) is 3.12. The van der Waals surface area contributed by atoms with Crippen LogP contribution in [0.5, 0.6) is 0 Å². The molecule has 4 saturated carbocycles. The molecule has 2 heterocycles. The van der Waals surface area contributed by atoms with Gasteiger partial charge in [-0.1, -0.05) is 30.3 Å². The number of ether oxygens (including phenoxy) is 1. The van der Waals surface area contributed by atoms with Gasteiger partial charge in [0, 0.05) is 22.6 Å². The second kappa shape index (κ2) is 7.45. The van der Waals surface area contributed by atoms with Gasteiger partial charge in [-0.3, -0.25) is 4.79 Å². The number of nitrogens with two attached hydrogens (primary N) is 1. The fraction of sp³-hybridized carbons (Fsp3) is 0.481. The lowest BCUT2D eigenvalue weighted by Crippen LogP contribution is -2.50. The number of Topliss-reactive ketones (excluding diaryl/α,β-unsaturated/α-hetero) is 1. The van der Waals surface area contributed by atoms with Gasteiger partial charge in [-0.25, -0.2) is 4.79 Å². The van der Waals surface area contributed by atoms with Crippen molar-refractivity contribution in [2.24, 2.45) is 23.2 Å². The summed E-state index contributed by atoms with van der Waals surface area (Å²) in [5.74, 6) is 1.59. The van der Waals surface area contributed by atoms with Crippen LogP contribution in [0.15, 0.2) is 41.6 Å². The van der Waals surface area contributed by atoms with Crippen LogP contribution in [0, 0.1) is 23.2 Å². The van der Waals surface area contributed by atoms with E-state index in [4.69, 9.17) is 10.5 Å². The van der Waals surface area contributed by atoms with E-state index in [9.17, 15) is 9.59 Å². The van der Waals surface area contributed by atoms with E-state index >= 15 is 0 Å². The Hall–Kier alpha value is -2.60. The maximum atomic E-state index is 14.1. The van der Waals surface area contributed by atoms with Crippen LogP contribution in [0.4, 0.5) is 10.7 Å². The summed E-state index contributed by atoms with van der Waals surface area (Å²) in [6, 6.07) is 9.90. The zero-order valence-electron chi connectivity index (χ0n) is 19.1. The van der Waals surface area contributed by atoms with E-state index in [0.29, 0.717) is 33.9 Å². The van der Waals surface area contributed by atoms with Gasteiger partial charge in [-0.2, -0.15) is 0 Å². The quantitative estimate of drug-likeness (QED) is 0.448. The molecule has 172 valence electrons. The van der Waals surface area contributed by atoms with Crippen molar-refractivity contribution in [2.75, 3.05) is 18.2 Å². The zero-order valence-corrected chi connectivity index (χ0v) is 20.0. The third-order valence-corrected chi connectivity index (χ3v) is 9.67. The lowest BCUT2D eigenvalue weighted by atomic mass is 9.48. The van der Waals surface area contributed by atoms with Gasteiger partial charge in [0.1, 0.15) is 0 Å². The van der Waals surface area contributed by atoms with Crippen LogP contribution in [0.3, 0.4) is 0 Å². The molecule has 4 fully saturated rings. The molecule has 5 nitrogen and oxygen atoms in total. The Morgan fingerprint density at radius 2 is 1.67 bits per heavy atom. The standard InChI is InChI=1S/C27H30N2O3S/c1-14-19(26(31)32-2)20(18-6-4-3-5-7-18)21-22(28)23(33-25(21)29-14)24(30)27-11-15-8-16(12-27)10-17(9-15)13-27/h3-7,15-17,20,29H,8-13,28H2,1-2H3. The molecule has 0 saturated heterocycles. The number of carbonyl (C=O) groups is 2. The van der Waals surface area contributed by atoms with Gasteiger partial charge in [0.15, 0.2) is 5.78 Å². The number of benzene rings is 1. The maximum Gasteiger partial charge on any atom is 0.336 e. The third kappa shape index (κ3) is 3.10. The van der Waals surface area contributed by atoms with Gasteiger partial charge in [-0.05, 0) is 68.8 Å². The molecule has 1 aromatic carbocycles. The highest BCUT2D eigenvalue weighted by atomic mass is 32.1. The molecular formula is C27H30N2O3S. The molecule has 33 heavy (non-hydrogen) atoms. The number of allylic oxidation sites excluding steroid dienone is 1. The summed E-state index contributed by atoms with van der Waals surface area (Å²) in [7, 11) is 1.40. The van der Waals surface area contributed by atoms with Gasteiger partial charge in [0.25, 0.3) is 0 Å². The van der Waals surface area contributed by atoms with Gasteiger partial charge < -0.3 is 15.8 Å². The van der Waals surface area contributed by atoms with Crippen molar-refractivity contribution in [1.29, 1.82) is 0 Å². The molecule has 0 radical (unpaired) electrons. The van der Waals surface area contributed by atoms with E-state index in [-0.39, 0.29) is 23.1 Å². The van der Waals surface area contributed by atoms with E-state index in [0.717, 1.165) is 41.1 Å². The number of hydrogen-bond acceptors (Lipinski definition) is 6. The number of anilines is 2. The number of rotatable bonds is 4. The molecule has 1 aromatic heterocycles. The Bertz CT molecular complexity index is 1140. The van der Waals surface area contributed by atoms with E-state index in [1.165, 1.54) is 37.7 Å². The van der Waals surface area contributed by atoms with Crippen LogP contribution < -0.4 is 11.1 Å².